The lowest BCUT2D eigenvalue weighted by Crippen LogP contribution is -2.11. The van der Waals surface area contributed by atoms with Crippen molar-refractivity contribution in [1.29, 1.82) is 0 Å². The molecule has 4 nitrogen and oxygen atoms in total. The molecule has 0 bridgehead atoms. The largest absolute Gasteiger partial charge is 0.323 e. The van der Waals surface area contributed by atoms with Crippen LogP contribution in [0.5, 0.6) is 0 Å². The average molecular weight is 248 g/mol. The molecule has 1 heterocycles. The van der Waals surface area contributed by atoms with Gasteiger partial charge in [0.1, 0.15) is 0 Å². The standard InChI is InChI=1S/C12H12N2O2S/c13-11(12-2-1-7-17-12)8-9-3-5-10(6-4-9)14(15)16/h1-7,11H,8,13H2. The minimum Gasteiger partial charge on any atom is -0.323 e. The fourth-order valence-electron chi connectivity index (χ4n) is 1.61. The van der Waals surface area contributed by atoms with Crippen molar-refractivity contribution in [2.75, 3.05) is 0 Å². The molecular weight excluding hydrogens is 236 g/mol. The zero-order valence-corrected chi connectivity index (χ0v) is 9.89. The highest BCUT2D eigenvalue weighted by Gasteiger charge is 2.09. The highest BCUT2D eigenvalue weighted by atomic mass is 32.1. The molecule has 0 radical (unpaired) electrons. The maximum Gasteiger partial charge on any atom is 0.269 e. The molecule has 1 unspecified atom stereocenters. The van der Waals surface area contributed by atoms with Gasteiger partial charge in [0.25, 0.3) is 5.69 Å². The van der Waals surface area contributed by atoms with E-state index in [1.165, 1.54) is 12.1 Å². The van der Waals surface area contributed by atoms with Gasteiger partial charge < -0.3 is 5.73 Å². The lowest BCUT2D eigenvalue weighted by molar-refractivity contribution is -0.384. The van der Waals surface area contributed by atoms with Gasteiger partial charge in [-0.25, -0.2) is 0 Å². The second-order valence-electron chi connectivity index (χ2n) is 3.75. The monoisotopic (exact) mass is 248 g/mol. The highest BCUT2D eigenvalue weighted by molar-refractivity contribution is 7.10. The van der Waals surface area contributed by atoms with Crippen LogP contribution in [0.1, 0.15) is 16.5 Å². The van der Waals surface area contributed by atoms with Crippen molar-refractivity contribution in [2.45, 2.75) is 12.5 Å². The Labute approximate surface area is 103 Å². The zero-order chi connectivity index (χ0) is 12.3. The third kappa shape index (κ3) is 2.89. The van der Waals surface area contributed by atoms with Gasteiger partial charge in [-0.15, -0.1) is 11.3 Å². The Hall–Kier alpha value is -1.72. The number of nitrogens with two attached hydrogens (primary N) is 1. The van der Waals surface area contributed by atoms with Crippen molar-refractivity contribution < 1.29 is 4.92 Å². The second-order valence-corrected chi connectivity index (χ2v) is 4.73. The molecule has 0 saturated heterocycles. The third-order valence-corrected chi connectivity index (χ3v) is 3.52. The summed E-state index contributed by atoms with van der Waals surface area (Å²) in [6.45, 7) is 0. The van der Waals surface area contributed by atoms with Crippen LogP contribution in [-0.2, 0) is 6.42 Å². The molecule has 0 saturated carbocycles. The third-order valence-electron chi connectivity index (χ3n) is 2.51. The van der Waals surface area contributed by atoms with Crippen molar-refractivity contribution in [3.05, 3.63) is 62.3 Å². The SMILES string of the molecule is NC(Cc1ccc([N+](=O)[O-])cc1)c1cccs1. The molecule has 0 amide bonds. The molecule has 17 heavy (non-hydrogen) atoms. The van der Waals surface area contributed by atoms with Gasteiger partial charge in [0.15, 0.2) is 0 Å². The quantitative estimate of drug-likeness (QED) is 0.668. The molecule has 1 aromatic heterocycles. The molecule has 1 aromatic carbocycles. The van der Waals surface area contributed by atoms with E-state index >= 15 is 0 Å². The molecule has 2 aromatic rings. The lowest BCUT2D eigenvalue weighted by Gasteiger charge is -2.09. The number of non-ortho nitro benzene ring substituents is 1. The summed E-state index contributed by atoms with van der Waals surface area (Å²) in [5.74, 6) is 0. The van der Waals surface area contributed by atoms with Crippen LogP contribution >= 0.6 is 11.3 Å². The molecule has 0 aliphatic rings. The number of thiophene rings is 1. The van der Waals surface area contributed by atoms with E-state index in [1.807, 2.05) is 17.5 Å². The van der Waals surface area contributed by atoms with E-state index < -0.39 is 4.92 Å². The van der Waals surface area contributed by atoms with Crippen molar-refractivity contribution in [3.8, 4) is 0 Å². The topological polar surface area (TPSA) is 69.2 Å². The first kappa shape index (κ1) is 11.8. The Kier molecular flexibility index (Phi) is 3.51. The number of hydrogen-bond acceptors (Lipinski definition) is 4. The highest BCUT2D eigenvalue weighted by Crippen LogP contribution is 2.21. The van der Waals surface area contributed by atoms with Gasteiger partial charge in [0.05, 0.1) is 4.92 Å². The first-order valence-electron chi connectivity index (χ1n) is 5.19. The van der Waals surface area contributed by atoms with Crippen molar-refractivity contribution in [2.24, 2.45) is 5.73 Å². The van der Waals surface area contributed by atoms with Gasteiger partial charge in [0, 0.05) is 23.1 Å². The number of rotatable bonds is 4. The summed E-state index contributed by atoms with van der Waals surface area (Å²) in [6.07, 6.45) is 0.693. The Morgan fingerprint density at radius 3 is 2.53 bits per heavy atom. The first-order chi connectivity index (χ1) is 8.16. The van der Waals surface area contributed by atoms with E-state index in [4.69, 9.17) is 5.73 Å². The maximum atomic E-state index is 10.5. The van der Waals surface area contributed by atoms with Crippen LogP contribution < -0.4 is 5.73 Å². The summed E-state index contributed by atoms with van der Waals surface area (Å²) in [6, 6.07) is 10.5. The van der Waals surface area contributed by atoms with Gasteiger partial charge >= 0.3 is 0 Å². The summed E-state index contributed by atoms with van der Waals surface area (Å²) in [5.41, 5.74) is 7.17. The van der Waals surface area contributed by atoms with Gasteiger partial charge in [0.2, 0.25) is 0 Å². The van der Waals surface area contributed by atoms with Crippen LogP contribution in [0.15, 0.2) is 41.8 Å². The Bertz CT molecular complexity index is 494. The summed E-state index contributed by atoms with van der Waals surface area (Å²) in [5, 5.41) is 12.5. The number of nitro groups is 1. The Morgan fingerprint density at radius 2 is 2.00 bits per heavy atom. The predicted molar refractivity (Wildman–Crippen MR) is 68.0 cm³/mol. The van der Waals surface area contributed by atoms with Crippen LogP contribution in [0.25, 0.3) is 0 Å². The molecule has 0 aliphatic carbocycles. The number of benzene rings is 1. The van der Waals surface area contributed by atoms with Crippen LogP contribution in [0, 0.1) is 10.1 Å². The summed E-state index contributed by atoms with van der Waals surface area (Å²) < 4.78 is 0. The maximum absolute atomic E-state index is 10.5. The van der Waals surface area contributed by atoms with E-state index in [-0.39, 0.29) is 11.7 Å². The van der Waals surface area contributed by atoms with Crippen LogP contribution in [-0.4, -0.2) is 4.92 Å². The number of nitro benzene ring substituents is 1. The summed E-state index contributed by atoms with van der Waals surface area (Å²) in [7, 11) is 0. The van der Waals surface area contributed by atoms with Crippen LogP contribution in [0.3, 0.4) is 0 Å². The van der Waals surface area contributed by atoms with E-state index in [9.17, 15) is 10.1 Å². The molecule has 2 N–H and O–H groups in total. The van der Waals surface area contributed by atoms with E-state index in [0.29, 0.717) is 6.42 Å². The van der Waals surface area contributed by atoms with Crippen LogP contribution in [0.4, 0.5) is 5.69 Å². The smallest absolute Gasteiger partial charge is 0.269 e. The fourth-order valence-corrected chi connectivity index (χ4v) is 2.34. The van der Waals surface area contributed by atoms with Gasteiger partial charge in [-0.3, -0.25) is 10.1 Å². The molecule has 2 rings (SSSR count). The van der Waals surface area contributed by atoms with E-state index in [0.717, 1.165) is 10.4 Å². The van der Waals surface area contributed by atoms with E-state index in [2.05, 4.69) is 0 Å². The predicted octanol–water partition coefficient (Wildman–Crippen LogP) is 2.90. The number of nitrogens with zero attached hydrogens (tertiary/aromatic N) is 1. The first-order valence-corrected chi connectivity index (χ1v) is 6.07. The normalized spacial score (nSPS) is 12.3. The molecule has 0 fully saturated rings. The Morgan fingerprint density at radius 1 is 1.29 bits per heavy atom. The van der Waals surface area contributed by atoms with Crippen LogP contribution in [0.2, 0.25) is 0 Å². The number of hydrogen-bond donors (Lipinski definition) is 1. The molecule has 0 spiro atoms. The average Bonchev–Trinajstić information content (AvgIpc) is 2.83. The minimum absolute atomic E-state index is 0.0449. The second kappa shape index (κ2) is 5.07. The molecule has 88 valence electrons. The van der Waals surface area contributed by atoms with Crippen molar-refractivity contribution in [1.82, 2.24) is 0 Å². The molecular formula is C12H12N2O2S. The van der Waals surface area contributed by atoms with Crippen molar-refractivity contribution in [3.63, 3.8) is 0 Å². The summed E-state index contributed by atoms with van der Waals surface area (Å²) in [4.78, 5) is 11.2. The molecule has 0 aliphatic heterocycles. The van der Waals surface area contributed by atoms with E-state index in [1.54, 1.807) is 23.5 Å². The summed E-state index contributed by atoms with van der Waals surface area (Å²) >= 11 is 1.63. The molecule has 1 atom stereocenters. The lowest BCUT2D eigenvalue weighted by atomic mass is 10.1. The van der Waals surface area contributed by atoms with Gasteiger partial charge in [-0.05, 0) is 23.4 Å². The minimum atomic E-state index is -0.400. The fraction of sp³-hybridized carbons (Fsp3) is 0.167. The van der Waals surface area contributed by atoms with Gasteiger partial charge in [-0.1, -0.05) is 18.2 Å². The Balaban J connectivity index is 2.06. The van der Waals surface area contributed by atoms with Crippen molar-refractivity contribution >= 4 is 17.0 Å². The van der Waals surface area contributed by atoms with Gasteiger partial charge in [-0.2, -0.15) is 0 Å². The zero-order valence-electron chi connectivity index (χ0n) is 9.08. The molecule has 5 heteroatoms.